The standard InChI is InChI=1S/C17H17N3O2.C14H11N3O3.C4H8Br2.Mg.2H/c21-16-14-4-3-11-20(14)19-15(18-16)12-5-7-13(8-6-12)17(22)9-1-2-10-17;1-20-14(19)10-6-4-9(5-7-10)12-15-13(18)11-3-2-8-17(11)16-12;5-3-1-2-4-6;;;/h3-8,11,22H,1-2,9-10H2,(H,18,19,21);2-8H,1H3,(H,15,16,18);1-4H2;;;/q;;;+2;2*-1. The predicted octanol–water partition coefficient (Wildman–Crippen LogP) is 6.33. The monoisotopic (exact) mass is 804 g/mol. The molecule has 1 fully saturated rings. The van der Waals surface area contributed by atoms with Crippen LogP contribution >= 0.6 is 31.9 Å². The number of H-pyrrole nitrogens is 2. The fourth-order valence-corrected chi connectivity index (χ4v) is 6.20. The van der Waals surface area contributed by atoms with Gasteiger partial charge in [0, 0.05) is 34.2 Å². The van der Waals surface area contributed by atoms with Crippen molar-refractivity contribution in [3.05, 3.63) is 117 Å². The summed E-state index contributed by atoms with van der Waals surface area (Å²) in [6, 6.07) is 21.3. The molecule has 0 spiro atoms. The Hall–Kier alpha value is -3.56. The van der Waals surface area contributed by atoms with Gasteiger partial charge in [0.1, 0.15) is 11.0 Å². The second-order valence-corrected chi connectivity index (χ2v) is 12.8. The number of unbranched alkanes of at least 4 members (excludes halogenated alkanes) is 1. The van der Waals surface area contributed by atoms with Gasteiger partial charge in [0.2, 0.25) is 0 Å². The number of rotatable bonds is 7. The number of aliphatic hydroxyl groups is 1. The third-order valence-electron chi connectivity index (χ3n) is 8.02. The minimum atomic E-state index is -0.691. The van der Waals surface area contributed by atoms with E-state index in [0.29, 0.717) is 33.8 Å². The van der Waals surface area contributed by atoms with E-state index in [-0.39, 0.29) is 37.0 Å². The van der Waals surface area contributed by atoms with Gasteiger partial charge in [0.15, 0.2) is 11.6 Å². The van der Waals surface area contributed by atoms with E-state index in [1.807, 2.05) is 24.3 Å². The molecular formula is C35H38Br2MgN6O5. The Balaban J connectivity index is 0.000000292. The first-order valence-corrected chi connectivity index (χ1v) is 17.8. The zero-order valence-electron chi connectivity index (χ0n) is 29.1. The molecule has 3 N–H and O–H groups in total. The Kier molecular flexibility index (Phi) is 14.0. The first kappa shape index (κ1) is 38.2. The van der Waals surface area contributed by atoms with Crippen molar-refractivity contribution in [2.24, 2.45) is 0 Å². The molecule has 4 heterocycles. The number of hydrogen-bond acceptors (Lipinski definition) is 7. The van der Waals surface area contributed by atoms with E-state index in [2.05, 4.69) is 56.8 Å². The van der Waals surface area contributed by atoms with Gasteiger partial charge in [-0.1, -0.05) is 81.1 Å². The number of benzene rings is 2. The molecule has 0 aliphatic heterocycles. The zero-order chi connectivity index (χ0) is 34.1. The summed E-state index contributed by atoms with van der Waals surface area (Å²) in [5.74, 6) is 0.563. The maximum absolute atomic E-state index is 12.0. The van der Waals surface area contributed by atoms with Gasteiger partial charge in [0.05, 0.1) is 18.3 Å². The number of methoxy groups -OCH3 is 1. The van der Waals surface area contributed by atoms with Gasteiger partial charge in [-0.2, -0.15) is 0 Å². The molecular weight excluding hydrogens is 769 g/mol. The van der Waals surface area contributed by atoms with Crippen molar-refractivity contribution in [1.29, 1.82) is 0 Å². The van der Waals surface area contributed by atoms with Crippen LogP contribution in [-0.4, -0.2) is 81.1 Å². The fraction of sp³-hybridized carbons (Fsp3) is 0.286. The molecule has 4 aromatic heterocycles. The number of nitrogens with zero attached hydrogens (tertiary/aromatic N) is 4. The average Bonchev–Trinajstić information content (AvgIpc) is 3.90. The van der Waals surface area contributed by atoms with Crippen molar-refractivity contribution in [3.8, 4) is 22.8 Å². The number of ether oxygens (including phenoxy) is 1. The van der Waals surface area contributed by atoms with E-state index in [0.717, 1.165) is 47.5 Å². The smallest absolute Gasteiger partial charge is 1.00 e. The van der Waals surface area contributed by atoms with Crippen LogP contribution in [0.5, 0.6) is 0 Å². The molecule has 0 saturated heterocycles. The molecule has 11 nitrogen and oxygen atoms in total. The van der Waals surface area contributed by atoms with E-state index in [1.165, 1.54) is 24.5 Å². The summed E-state index contributed by atoms with van der Waals surface area (Å²) >= 11 is 6.66. The third kappa shape index (κ3) is 9.37. The number of aromatic nitrogens is 6. The second-order valence-electron chi connectivity index (χ2n) is 11.3. The predicted molar refractivity (Wildman–Crippen MR) is 201 cm³/mol. The summed E-state index contributed by atoms with van der Waals surface area (Å²) in [6.07, 6.45) is 9.79. The first-order valence-electron chi connectivity index (χ1n) is 15.6. The minimum Gasteiger partial charge on any atom is -1.00 e. The summed E-state index contributed by atoms with van der Waals surface area (Å²) in [5.41, 5.74) is 2.89. The summed E-state index contributed by atoms with van der Waals surface area (Å²) in [5, 5.41) is 21.6. The van der Waals surface area contributed by atoms with Crippen LogP contribution in [-0.2, 0) is 10.3 Å². The molecule has 49 heavy (non-hydrogen) atoms. The van der Waals surface area contributed by atoms with E-state index < -0.39 is 11.6 Å². The fourth-order valence-electron chi connectivity index (χ4n) is 5.40. The zero-order valence-corrected chi connectivity index (χ0v) is 31.7. The molecule has 1 aliphatic carbocycles. The van der Waals surface area contributed by atoms with E-state index in [4.69, 9.17) is 0 Å². The molecule has 0 bridgehead atoms. The van der Waals surface area contributed by atoms with Gasteiger partial charge in [-0.3, -0.25) is 9.59 Å². The Morgan fingerprint density at radius 1 is 0.816 bits per heavy atom. The molecule has 1 aliphatic rings. The largest absolute Gasteiger partial charge is 2.00 e. The summed E-state index contributed by atoms with van der Waals surface area (Å²) in [7, 11) is 1.33. The molecule has 2 aromatic carbocycles. The van der Waals surface area contributed by atoms with E-state index in [1.54, 1.807) is 65.4 Å². The Morgan fingerprint density at radius 3 is 1.69 bits per heavy atom. The van der Waals surface area contributed by atoms with Crippen molar-refractivity contribution in [2.75, 3.05) is 17.8 Å². The molecule has 6 aromatic rings. The molecule has 0 atom stereocenters. The van der Waals surface area contributed by atoms with E-state index >= 15 is 0 Å². The Morgan fingerprint density at radius 2 is 1.27 bits per heavy atom. The first-order chi connectivity index (χ1) is 23.3. The number of halogens is 2. The number of nitrogens with one attached hydrogen (secondary N) is 2. The molecule has 14 heteroatoms. The number of hydrogen-bond donors (Lipinski definition) is 3. The van der Waals surface area contributed by atoms with Gasteiger partial charge >= 0.3 is 29.0 Å². The normalized spacial score (nSPS) is 13.1. The average molecular weight is 807 g/mol. The molecule has 254 valence electrons. The van der Waals surface area contributed by atoms with E-state index in [9.17, 15) is 19.5 Å². The van der Waals surface area contributed by atoms with Crippen molar-refractivity contribution in [2.45, 2.75) is 44.1 Å². The number of carbonyl (C=O) groups excluding carboxylic acids is 1. The van der Waals surface area contributed by atoms with Crippen LogP contribution in [0.1, 0.15) is 57.3 Å². The number of fused-ring (bicyclic) bond motifs is 2. The van der Waals surface area contributed by atoms with Crippen LogP contribution < -0.4 is 11.1 Å². The summed E-state index contributed by atoms with van der Waals surface area (Å²) in [6.45, 7) is 0. The molecule has 0 unspecified atom stereocenters. The van der Waals surface area contributed by atoms with Crippen LogP contribution in [0.2, 0.25) is 0 Å². The Bertz CT molecular complexity index is 2090. The van der Waals surface area contributed by atoms with Crippen molar-refractivity contribution in [1.82, 2.24) is 29.2 Å². The van der Waals surface area contributed by atoms with Crippen LogP contribution in [0.15, 0.2) is 94.8 Å². The van der Waals surface area contributed by atoms with Gasteiger partial charge in [0.25, 0.3) is 11.1 Å². The van der Waals surface area contributed by atoms with Crippen LogP contribution in [0, 0.1) is 0 Å². The van der Waals surface area contributed by atoms with Crippen LogP contribution in [0.4, 0.5) is 0 Å². The van der Waals surface area contributed by atoms with Crippen LogP contribution in [0.3, 0.4) is 0 Å². The molecule has 0 amide bonds. The maximum atomic E-state index is 12.0. The number of esters is 1. The topological polar surface area (TPSA) is 147 Å². The molecule has 0 radical (unpaired) electrons. The van der Waals surface area contributed by atoms with Gasteiger partial charge in [-0.05, 0) is 67.6 Å². The second kappa shape index (κ2) is 17.9. The number of carbonyl (C=O) groups is 1. The number of alkyl halides is 2. The SMILES string of the molecule is BrCCCCBr.COC(=O)c1ccc(-c2nn3cccc3c(=O)[nH]2)cc1.O=c1[nH]c(-c2ccc(C3(O)CCCC3)cc2)nn2cccc12.[H-].[H-].[Mg+2]. The van der Waals surface area contributed by atoms with Crippen molar-refractivity contribution < 1.29 is 17.5 Å². The van der Waals surface area contributed by atoms with Crippen molar-refractivity contribution in [3.63, 3.8) is 0 Å². The maximum Gasteiger partial charge on any atom is 2.00 e. The van der Waals surface area contributed by atoms with Gasteiger partial charge in [-0.15, -0.1) is 10.2 Å². The van der Waals surface area contributed by atoms with Crippen molar-refractivity contribution >= 4 is 71.9 Å². The third-order valence-corrected chi connectivity index (χ3v) is 9.15. The molecule has 7 rings (SSSR count). The summed E-state index contributed by atoms with van der Waals surface area (Å²) < 4.78 is 7.72. The minimum absolute atomic E-state index is 0. The molecule has 1 saturated carbocycles. The van der Waals surface area contributed by atoms with Gasteiger partial charge in [-0.25, -0.2) is 13.8 Å². The number of aromatic amines is 2. The summed E-state index contributed by atoms with van der Waals surface area (Å²) in [4.78, 5) is 40.7. The van der Waals surface area contributed by atoms with Gasteiger partial charge < -0.3 is 22.7 Å². The quantitative estimate of drug-likeness (QED) is 0.0740. The van der Waals surface area contributed by atoms with Crippen LogP contribution in [0.25, 0.3) is 33.8 Å². The Labute approximate surface area is 318 Å².